The molecule has 0 unspecified atom stereocenters. The molecule has 2 amide bonds. The van der Waals surface area contributed by atoms with Crippen molar-refractivity contribution < 1.29 is 14.3 Å². The summed E-state index contributed by atoms with van der Waals surface area (Å²) in [5.41, 5.74) is 2.14. The van der Waals surface area contributed by atoms with Crippen LogP contribution in [0.1, 0.15) is 10.7 Å². The van der Waals surface area contributed by atoms with Crippen LogP contribution in [0.5, 0.6) is 0 Å². The van der Waals surface area contributed by atoms with Gasteiger partial charge in [0.15, 0.2) is 5.13 Å². The summed E-state index contributed by atoms with van der Waals surface area (Å²) in [5, 5.41) is 8.40. The fourth-order valence-corrected chi connectivity index (χ4v) is 3.58. The Kier molecular flexibility index (Phi) is 4.72. The van der Waals surface area contributed by atoms with Crippen LogP contribution in [0.25, 0.3) is 10.2 Å². The number of anilines is 2. The number of carbonyl (C=O) groups excluding carboxylic acids is 2. The van der Waals surface area contributed by atoms with Crippen LogP contribution in [0.3, 0.4) is 0 Å². The normalized spacial score (nSPS) is 10.6. The predicted molar refractivity (Wildman–Crippen MR) is 94.8 cm³/mol. The summed E-state index contributed by atoms with van der Waals surface area (Å²) in [6.45, 7) is 1.95. The van der Waals surface area contributed by atoms with Gasteiger partial charge >= 0.3 is 6.09 Å². The smallest absolute Gasteiger partial charge is 0.413 e. The number of carbonyl (C=O) groups is 2. The van der Waals surface area contributed by atoms with Gasteiger partial charge in [0.2, 0.25) is 5.91 Å². The standard InChI is InChI=1S/C15H14N4O3S2/c1-8-16-11-5-9(3-4-12(11)24-8)17-13(20)6-10-7-23-14(18-10)19-15(21)22-2/h3-5,7H,6H2,1-2H3,(H,17,20)(H,18,19,21). The van der Waals surface area contributed by atoms with Crippen molar-refractivity contribution in [3.05, 3.63) is 34.3 Å². The lowest BCUT2D eigenvalue weighted by Crippen LogP contribution is -2.15. The lowest BCUT2D eigenvalue weighted by molar-refractivity contribution is -0.115. The first-order valence-electron chi connectivity index (χ1n) is 7.00. The van der Waals surface area contributed by atoms with Gasteiger partial charge in [-0.25, -0.2) is 14.8 Å². The zero-order valence-corrected chi connectivity index (χ0v) is 14.6. The highest BCUT2D eigenvalue weighted by atomic mass is 32.1. The minimum absolute atomic E-state index is 0.119. The maximum atomic E-state index is 12.1. The third kappa shape index (κ3) is 3.87. The number of methoxy groups -OCH3 is 1. The van der Waals surface area contributed by atoms with Crippen LogP contribution in [-0.2, 0) is 16.0 Å². The second-order valence-electron chi connectivity index (χ2n) is 4.90. The van der Waals surface area contributed by atoms with Crippen LogP contribution in [0.2, 0.25) is 0 Å². The van der Waals surface area contributed by atoms with Gasteiger partial charge in [0.05, 0.1) is 34.4 Å². The Labute approximate surface area is 145 Å². The molecule has 0 atom stereocenters. The number of ether oxygens (including phenoxy) is 1. The molecule has 0 saturated heterocycles. The molecule has 2 N–H and O–H groups in total. The molecule has 124 valence electrons. The van der Waals surface area contributed by atoms with Crippen molar-refractivity contribution in [1.29, 1.82) is 0 Å². The highest BCUT2D eigenvalue weighted by Crippen LogP contribution is 2.24. The van der Waals surface area contributed by atoms with E-state index < -0.39 is 6.09 Å². The fraction of sp³-hybridized carbons (Fsp3) is 0.200. The summed E-state index contributed by atoms with van der Waals surface area (Å²) in [7, 11) is 1.28. The molecule has 0 aliphatic carbocycles. The fourth-order valence-electron chi connectivity index (χ4n) is 2.07. The van der Waals surface area contributed by atoms with Gasteiger partial charge in [0.25, 0.3) is 0 Å². The van der Waals surface area contributed by atoms with E-state index in [0.29, 0.717) is 16.5 Å². The topological polar surface area (TPSA) is 93.2 Å². The Bertz CT molecular complexity index is 903. The molecule has 0 aliphatic rings. The van der Waals surface area contributed by atoms with Gasteiger partial charge in [-0.3, -0.25) is 10.1 Å². The molecule has 0 fully saturated rings. The summed E-state index contributed by atoms with van der Waals surface area (Å²) >= 11 is 2.85. The maximum Gasteiger partial charge on any atom is 0.413 e. The second kappa shape index (κ2) is 6.93. The number of aromatic nitrogens is 2. The highest BCUT2D eigenvalue weighted by Gasteiger charge is 2.11. The molecule has 2 heterocycles. The molecule has 3 aromatic rings. The highest BCUT2D eigenvalue weighted by molar-refractivity contribution is 7.18. The van der Waals surface area contributed by atoms with Crippen molar-refractivity contribution in [2.75, 3.05) is 17.7 Å². The molecule has 0 aliphatic heterocycles. The van der Waals surface area contributed by atoms with Crippen LogP contribution in [0.15, 0.2) is 23.6 Å². The number of thiazole rings is 2. The average Bonchev–Trinajstić information content (AvgIpc) is 3.11. The van der Waals surface area contributed by atoms with Crippen LogP contribution >= 0.6 is 22.7 Å². The third-order valence-corrected chi connectivity index (χ3v) is 4.82. The van der Waals surface area contributed by atoms with Gasteiger partial charge in [-0.05, 0) is 25.1 Å². The molecular formula is C15H14N4O3S2. The van der Waals surface area contributed by atoms with E-state index in [9.17, 15) is 9.59 Å². The predicted octanol–water partition coefficient (Wildman–Crippen LogP) is 3.42. The molecule has 9 heteroatoms. The van der Waals surface area contributed by atoms with Gasteiger partial charge in [-0.2, -0.15) is 0 Å². The van der Waals surface area contributed by atoms with E-state index in [2.05, 4.69) is 25.3 Å². The minimum Gasteiger partial charge on any atom is -0.453 e. The van der Waals surface area contributed by atoms with Crippen LogP contribution < -0.4 is 10.6 Å². The van der Waals surface area contributed by atoms with Crippen molar-refractivity contribution in [2.45, 2.75) is 13.3 Å². The summed E-state index contributed by atoms with van der Waals surface area (Å²) in [6, 6.07) is 5.64. The van der Waals surface area contributed by atoms with Gasteiger partial charge in [-0.1, -0.05) is 0 Å². The number of nitrogens with zero attached hydrogens (tertiary/aromatic N) is 2. The Balaban J connectivity index is 1.63. The van der Waals surface area contributed by atoms with E-state index in [-0.39, 0.29) is 12.3 Å². The molecule has 0 radical (unpaired) electrons. The quantitative estimate of drug-likeness (QED) is 0.742. The average molecular weight is 362 g/mol. The summed E-state index contributed by atoms with van der Waals surface area (Å²) in [4.78, 5) is 31.8. The zero-order valence-electron chi connectivity index (χ0n) is 13.0. The van der Waals surface area contributed by atoms with Crippen LogP contribution in [0.4, 0.5) is 15.6 Å². The van der Waals surface area contributed by atoms with Gasteiger partial charge in [0.1, 0.15) is 0 Å². The number of aryl methyl sites for hydroxylation is 1. The number of rotatable bonds is 4. The molecule has 7 nitrogen and oxygen atoms in total. The molecule has 0 saturated carbocycles. The lowest BCUT2D eigenvalue weighted by Gasteiger charge is -2.03. The molecular weight excluding hydrogens is 348 g/mol. The first-order valence-corrected chi connectivity index (χ1v) is 8.69. The Morgan fingerprint density at radius 2 is 2.08 bits per heavy atom. The van der Waals surface area contributed by atoms with E-state index in [4.69, 9.17) is 0 Å². The molecule has 24 heavy (non-hydrogen) atoms. The van der Waals surface area contributed by atoms with Crippen LogP contribution in [-0.4, -0.2) is 29.1 Å². The van der Waals surface area contributed by atoms with Gasteiger partial charge in [-0.15, -0.1) is 22.7 Å². The van der Waals surface area contributed by atoms with E-state index in [1.54, 1.807) is 16.7 Å². The van der Waals surface area contributed by atoms with Crippen molar-refractivity contribution in [3.63, 3.8) is 0 Å². The first-order chi connectivity index (χ1) is 11.5. The van der Waals surface area contributed by atoms with Gasteiger partial charge in [0, 0.05) is 11.1 Å². The van der Waals surface area contributed by atoms with Crippen molar-refractivity contribution in [2.24, 2.45) is 0 Å². The number of benzene rings is 1. The summed E-state index contributed by atoms with van der Waals surface area (Å²) < 4.78 is 5.58. The Morgan fingerprint density at radius 3 is 2.88 bits per heavy atom. The van der Waals surface area contributed by atoms with Crippen molar-refractivity contribution in [1.82, 2.24) is 9.97 Å². The molecule has 0 spiro atoms. The molecule has 0 bridgehead atoms. The van der Waals surface area contributed by atoms with Crippen molar-refractivity contribution in [3.8, 4) is 0 Å². The third-order valence-electron chi connectivity index (χ3n) is 3.07. The van der Waals surface area contributed by atoms with E-state index >= 15 is 0 Å². The number of hydrogen-bond donors (Lipinski definition) is 2. The number of amides is 2. The Hall–Kier alpha value is -2.52. The van der Waals surface area contributed by atoms with E-state index in [1.807, 2.05) is 25.1 Å². The molecule has 1 aromatic carbocycles. The summed E-state index contributed by atoms with van der Waals surface area (Å²) in [6.07, 6.45) is -0.472. The molecule has 2 aromatic heterocycles. The first kappa shape index (κ1) is 16.3. The monoisotopic (exact) mass is 362 g/mol. The number of nitrogens with one attached hydrogen (secondary N) is 2. The zero-order chi connectivity index (χ0) is 17.1. The number of hydrogen-bond acceptors (Lipinski definition) is 7. The van der Waals surface area contributed by atoms with Gasteiger partial charge < -0.3 is 10.1 Å². The lowest BCUT2D eigenvalue weighted by atomic mass is 10.2. The molecule has 3 rings (SSSR count). The van der Waals surface area contributed by atoms with E-state index in [1.165, 1.54) is 18.4 Å². The Morgan fingerprint density at radius 1 is 1.25 bits per heavy atom. The summed E-state index contributed by atoms with van der Waals surface area (Å²) in [5.74, 6) is -0.184. The van der Waals surface area contributed by atoms with E-state index in [0.717, 1.165) is 15.2 Å². The maximum absolute atomic E-state index is 12.1. The number of fused-ring (bicyclic) bond motifs is 1. The van der Waals surface area contributed by atoms with Crippen molar-refractivity contribution >= 4 is 55.7 Å². The minimum atomic E-state index is -0.591. The largest absolute Gasteiger partial charge is 0.453 e. The van der Waals surface area contributed by atoms with Crippen LogP contribution in [0, 0.1) is 6.92 Å². The second-order valence-corrected chi connectivity index (χ2v) is 6.99. The SMILES string of the molecule is COC(=O)Nc1nc(CC(=O)Nc2ccc3sc(C)nc3c2)cs1.